The zero-order valence-corrected chi connectivity index (χ0v) is 10.5. The molecule has 92 valence electrons. The molecule has 0 aromatic heterocycles. The molecule has 0 fully saturated rings. The minimum atomic E-state index is -0.850. The lowest BCUT2D eigenvalue weighted by molar-refractivity contribution is -0.129. The van der Waals surface area contributed by atoms with E-state index < -0.39 is 5.41 Å². The Morgan fingerprint density at radius 3 is 2.31 bits per heavy atom. The van der Waals surface area contributed by atoms with E-state index in [0.29, 0.717) is 26.0 Å². The first-order valence-electron chi connectivity index (χ1n) is 5.85. The molecular formula is C12H22N2O2. The molecule has 0 radical (unpaired) electrons. The second-order valence-electron chi connectivity index (χ2n) is 3.94. The van der Waals surface area contributed by atoms with Crippen LogP contribution in [0.1, 0.15) is 39.5 Å². The molecule has 0 rings (SSSR count). The Morgan fingerprint density at radius 2 is 1.94 bits per heavy atom. The summed E-state index contributed by atoms with van der Waals surface area (Å²) in [6.45, 7) is 4.92. The molecule has 1 N–H and O–H groups in total. The second kappa shape index (κ2) is 8.12. The number of amides is 1. The van der Waals surface area contributed by atoms with Gasteiger partial charge in [-0.25, -0.2) is 0 Å². The van der Waals surface area contributed by atoms with Crippen LogP contribution in [0.4, 0.5) is 0 Å². The summed E-state index contributed by atoms with van der Waals surface area (Å²) < 4.78 is 4.86. The first kappa shape index (κ1) is 14.9. The van der Waals surface area contributed by atoms with Crippen LogP contribution in [0.5, 0.6) is 0 Å². The highest BCUT2D eigenvalue weighted by atomic mass is 16.5. The van der Waals surface area contributed by atoms with Gasteiger partial charge in [-0.2, -0.15) is 5.26 Å². The van der Waals surface area contributed by atoms with Crippen LogP contribution in [0.15, 0.2) is 0 Å². The molecule has 4 nitrogen and oxygen atoms in total. The summed E-state index contributed by atoms with van der Waals surface area (Å²) in [6, 6.07) is 2.19. The Balaban J connectivity index is 4.48. The number of nitrogens with one attached hydrogen (secondary N) is 1. The van der Waals surface area contributed by atoms with Crippen LogP contribution in [0, 0.1) is 16.7 Å². The van der Waals surface area contributed by atoms with Crippen molar-refractivity contribution >= 4 is 5.91 Å². The van der Waals surface area contributed by atoms with Gasteiger partial charge in [0.15, 0.2) is 0 Å². The van der Waals surface area contributed by atoms with E-state index in [-0.39, 0.29) is 5.91 Å². The zero-order chi connectivity index (χ0) is 12.4. The average Bonchev–Trinajstić information content (AvgIpc) is 2.28. The third-order valence-corrected chi connectivity index (χ3v) is 2.59. The lowest BCUT2D eigenvalue weighted by Crippen LogP contribution is -2.41. The number of ether oxygens (including phenoxy) is 1. The van der Waals surface area contributed by atoms with Crippen LogP contribution in [-0.2, 0) is 9.53 Å². The van der Waals surface area contributed by atoms with Gasteiger partial charge in [-0.15, -0.1) is 0 Å². The Kier molecular flexibility index (Phi) is 7.57. The van der Waals surface area contributed by atoms with Crippen molar-refractivity contribution in [1.29, 1.82) is 5.26 Å². The van der Waals surface area contributed by atoms with Crippen molar-refractivity contribution in [1.82, 2.24) is 5.32 Å². The maximum atomic E-state index is 12.0. The number of methoxy groups -OCH3 is 1. The predicted octanol–water partition coefficient (Wildman–Crippen LogP) is 1.86. The molecule has 0 aliphatic rings. The van der Waals surface area contributed by atoms with Gasteiger partial charge >= 0.3 is 0 Å². The molecule has 0 saturated carbocycles. The Morgan fingerprint density at radius 1 is 1.38 bits per heavy atom. The fourth-order valence-electron chi connectivity index (χ4n) is 1.80. The van der Waals surface area contributed by atoms with Gasteiger partial charge in [-0.3, -0.25) is 4.79 Å². The quantitative estimate of drug-likeness (QED) is 0.642. The monoisotopic (exact) mass is 226 g/mol. The summed E-state index contributed by atoms with van der Waals surface area (Å²) in [6.07, 6.45) is 2.92. The van der Waals surface area contributed by atoms with Crippen LogP contribution < -0.4 is 5.32 Å². The van der Waals surface area contributed by atoms with E-state index in [1.807, 2.05) is 13.8 Å². The lowest BCUT2D eigenvalue weighted by Gasteiger charge is -2.24. The van der Waals surface area contributed by atoms with Crippen LogP contribution in [-0.4, -0.2) is 26.2 Å². The number of hydrogen-bond acceptors (Lipinski definition) is 3. The maximum absolute atomic E-state index is 12.0. The van der Waals surface area contributed by atoms with Gasteiger partial charge in [0.2, 0.25) is 5.91 Å². The van der Waals surface area contributed by atoms with Crippen molar-refractivity contribution in [2.24, 2.45) is 5.41 Å². The molecular weight excluding hydrogens is 204 g/mol. The molecule has 4 heteroatoms. The van der Waals surface area contributed by atoms with Crippen molar-refractivity contribution < 1.29 is 9.53 Å². The van der Waals surface area contributed by atoms with Crippen molar-refractivity contribution in [3.63, 3.8) is 0 Å². The van der Waals surface area contributed by atoms with E-state index in [4.69, 9.17) is 4.74 Å². The highest BCUT2D eigenvalue weighted by Gasteiger charge is 2.36. The maximum Gasteiger partial charge on any atom is 0.240 e. The van der Waals surface area contributed by atoms with Crippen molar-refractivity contribution in [2.45, 2.75) is 39.5 Å². The van der Waals surface area contributed by atoms with Gasteiger partial charge in [0.1, 0.15) is 5.41 Å². The third-order valence-electron chi connectivity index (χ3n) is 2.59. The van der Waals surface area contributed by atoms with E-state index in [1.165, 1.54) is 0 Å². The summed E-state index contributed by atoms with van der Waals surface area (Å²) in [4.78, 5) is 12.0. The molecule has 0 heterocycles. The largest absolute Gasteiger partial charge is 0.383 e. The van der Waals surface area contributed by atoms with Crippen molar-refractivity contribution in [3.05, 3.63) is 0 Å². The van der Waals surface area contributed by atoms with E-state index in [2.05, 4.69) is 11.4 Å². The first-order valence-corrected chi connectivity index (χ1v) is 5.85. The number of nitrogens with zero attached hydrogens (tertiary/aromatic N) is 1. The predicted molar refractivity (Wildman–Crippen MR) is 62.7 cm³/mol. The lowest BCUT2D eigenvalue weighted by atomic mass is 9.80. The Labute approximate surface area is 98.0 Å². The van der Waals surface area contributed by atoms with E-state index >= 15 is 0 Å². The Bertz CT molecular complexity index is 240. The molecule has 0 unspecified atom stereocenters. The van der Waals surface area contributed by atoms with Crippen molar-refractivity contribution in [2.75, 3.05) is 20.3 Å². The van der Waals surface area contributed by atoms with Gasteiger partial charge in [0, 0.05) is 13.7 Å². The molecule has 0 saturated heterocycles. The number of carbonyl (C=O) groups is 1. The topological polar surface area (TPSA) is 62.1 Å². The van der Waals surface area contributed by atoms with E-state index in [0.717, 1.165) is 12.8 Å². The molecule has 0 aliphatic heterocycles. The molecule has 0 aromatic rings. The van der Waals surface area contributed by atoms with E-state index in [1.54, 1.807) is 7.11 Å². The number of carbonyl (C=O) groups excluding carboxylic acids is 1. The molecule has 0 bridgehead atoms. The fraction of sp³-hybridized carbons (Fsp3) is 0.833. The second-order valence-corrected chi connectivity index (χ2v) is 3.94. The summed E-state index contributed by atoms with van der Waals surface area (Å²) in [7, 11) is 1.59. The molecule has 0 aromatic carbocycles. The smallest absolute Gasteiger partial charge is 0.240 e. The van der Waals surface area contributed by atoms with Crippen LogP contribution in [0.2, 0.25) is 0 Å². The highest BCUT2D eigenvalue weighted by Crippen LogP contribution is 2.29. The molecule has 1 amide bonds. The van der Waals surface area contributed by atoms with Gasteiger partial charge < -0.3 is 10.1 Å². The fourth-order valence-corrected chi connectivity index (χ4v) is 1.80. The highest BCUT2D eigenvalue weighted by molar-refractivity contribution is 5.85. The standard InChI is InChI=1S/C12H22N2O2/c1-4-6-12(10-13,7-5-2)11(15)14-8-9-16-3/h4-9H2,1-3H3,(H,14,15). The number of rotatable bonds is 8. The normalized spacial score (nSPS) is 10.9. The Hall–Kier alpha value is -1.08. The molecule has 0 spiro atoms. The molecule has 16 heavy (non-hydrogen) atoms. The van der Waals surface area contributed by atoms with E-state index in [9.17, 15) is 10.1 Å². The minimum Gasteiger partial charge on any atom is -0.383 e. The van der Waals surface area contributed by atoms with Gasteiger partial charge in [-0.05, 0) is 12.8 Å². The van der Waals surface area contributed by atoms with Crippen molar-refractivity contribution in [3.8, 4) is 6.07 Å². The van der Waals surface area contributed by atoms with Gasteiger partial charge in [-0.1, -0.05) is 26.7 Å². The average molecular weight is 226 g/mol. The van der Waals surface area contributed by atoms with Gasteiger partial charge in [0.25, 0.3) is 0 Å². The summed E-state index contributed by atoms with van der Waals surface area (Å²) in [5.74, 6) is -0.157. The summed E-state index contributed by atoms with van der Waals surface area (Å²) >= 11 is 0. The summed E-state index contributed by atoms with van der Waals surface area (Å²) in [5, 5.41) is 12.0. The first-order chi connectivity index (χ1) is 7.66. The third kappa shape index (κ3) is 4.19. The summed E-state index contributed by atoms with van der Waals surface area (Å²) in [5.41, 5.74) is -0.850. The molecule has 0 atom stereocenters. The van der Waals surface area contributed by atoms with Crippen LogP contribution in [0.25, 0.3) is 0 Å². The number of hydrogen-bond donors (Lipinski definition) is 1. The SMILES string of the molecule is CCCC(C#N)(CCC)C(=O)NCCOC. The van der Waals surface area contributed by atoms with Crippen LogP contribution in [0.3, 0.4) is 0 Å². The number of nitriles is 1. The van der Waals surface area contributed by atoms with Crippen LogP contribution >= 0.6 is 0 Å². The minimum absolute atomic E-state index is 0.157. The van der Waals surface area contributed by atoms with Gasteiger partial charge in [0.05, 0.1) is 12.7 Å². The molecule has 0 aliphatic carbocycles. The zero-order valence-electron chi connectivity index (χ0n) is 10.5.